The Labute approximate surface area is 132 Å². The van der Waals surface area contributed by atoms with Crippen LogP contribution >= 0.6 is 0 Å². The van der Waals surface area contributed by atoms with Crippen LogP contribution in [0.25, 0.3) is 10.8 Å². The van der Waals surface area contributed by atoms with Gasteiger partial charge < -0.3 is 14.7 Å². The van der Waals surface area contributed by atoms with Gasteiger partial charge in [-0.1, -0.05) is 18.2 Å². The highest BCUT2D eigenvalue weighted by molar-refractivity contribution is 5.81. The lowest BCUT2D eigenvalue weighted by Gasteiger charge is -2.07. The van der Waals surface area contributed by atoms with Crippen molar-refractivity contribution in [3.63, 3.8) is 0 Å². The molecule has 0 aliphatic carbocycles. The summed E-state index contributed by atoms with van der Waals surface area (Å²) < 4.78 is 3.20. The number of pyridine rings is 1. The second kappa shape index (κ2) is 6.04. The lowest BCUT2D eigenvalue weighted by Crippen LogP contribution is -2.20. The Morgan fingerprint density at radius 3 is 2.78 bits per heavy atom. The Bertz CT molecular complexity index is 926. The molecule has 118 valence electrons. The van der Waals surface area contributed by atoms with Crippen LogP contribution in [0, 0.1) is 17.0 Å². The van der Waals surface area contributed by atoms with E-state index < -0.39 is 4.92 Å². The number of aromatic nitrogens is 3. The summed E-state index contributed by atoms with van der Waals surface area (Å²) in [7, 11) is 0. The van der Waals surface area contributed by atoms with Crippen molar-refractivity contribution < 1.29 is 4.92 Å². The molecule has 0 N–H and O–H groups in total. The maximum atomic E-state index is 12.4. The molecule has 0 aliphatic rings. The van der Waals surface area contributed by atoms with Crippen LogP contribution in [0.2, 0.25) is 0 Å². The van der Waals surface area contributed by atoms with E-state index in [-0.39, 0.29) is 11.4 Å². The topological polar surface area (TPSA) is 83.0 Å². The van der Waals surface area contributed by atoms with Crippen LogP contribution in [0.4, 0.5) is 5.82 Å². The van der Waals surface area contributed by atoms with Crippen molar-refractivity contribution in [1.29, 1.82) is 0 Å². The largest absolute Gasteiger partial charge is 0.358 e. The van der Waals surface area contributed by atoms with E-state index in [0.29, 0.717) is 30.7 Å². The molecule has 0 bridgehead atoms. The Kier molecular flexibility index (Phi) is 3.92. The van der Waals surface area contributed by atoms with Gasteiger partial charge in [0.15, 0.2) is 5.82 Å². The molecule has 3 rings (SSSR count). The van der Waals surface area contributed by atoms with E-state index in [1.54, 1.807) is 28.3 Å². The third-order valence-corrected chi connectivity index (χ3v) is 3.89. The molecule has 0 atom stereocenters. The van der Waals surface area contributed by atoms with Gasteiger partial charge in [-0.15, -0.1) is 0 Å². The van der Waals surface area contributed by atoms with Crippen molar-refractivity contribution in [2.45, 2.75) is 26.4 Å². The van der Waals surface area contributed by atoms with Gasteiger partial charge in [-0.25, -0.2) is 9.55 Å². The van der Waals surface area contributed by atoms with Gasteiger partial charge in [0.25, 0.3) is 5.56 Å². The number of rotatable bonds is 5. The van der Waals surface area contributed by atoms with Gasteiger partial charge in [-0.05, 0) is 22.4 Å². The van der Waals surface area contributed by atoms with Crippen LogP contribution in [-0.2, 0) is 13.1 Å². The molecule has 2 heterocycles. The first-order chi connectivity index (χ1) is 11.1. The molecular formula is C16H16N4O3. The zero-order valence-corrected chi connectivity index (χ0v) is 12.7. The van der Waals surface area contributed by atoms with Crippen LogP contribution in [0.3, 0.4) is 0 Å². The van der Waals surface area contributed by atoms with Crippen molar-refractivity contribution in [3.05, 3.63) is 69.0 Å². The molecule has 0 radical (unpaired) electrons. The van der Waals surface area contributed by atoms with Crippen molar-refractivity contribution in [3.8, 4) is 0 Å². The smallest absolute Gasteiger partial charge is 0.342 e. The van der Waals surface area contributed by atoms with Crippen LogP contribution in [0.5, 0.6) is 0 Å². The minimum atomic E-state index is -0.442. The van der Waals surface area contributed by atoms with Crippen molar-refractivity contribution in [1.82, 2.24) is 14.1 Å². The normalized spacial score (nSPS) is 11.0. The van der Waals surface area contributed by atoms with E-state index >= 15 is 0 Å². The summed E-state index contributed by atoms with van der Waals surface area (Å²) in [6.07, 6.45) is 3.63. The predicted molar refractivity (Wildman–Crippen MR) is 86.4 cm³/mol. The quantitative estimate of drug-likeness (QED) is 0.535. The number of hydrogen-bond donors (Lipinski definition) is 0. The molecule has 0 unspecified atom stereocenters. The molecule has 1 aromatic carbocycles. The second-order valence-electron chi connectivity index (χ2n) is 5.33. The molecule has 0 saturated carbocycles. The van der Waals surface area contributed by atoms with Crippen molar-refractivity contribution >= 4 is 16.6 Å². The molecule has 7 heteroatoms. The third kappa shape index (κ3) is 2.85. The summed E-state index contributed by atoms with van der Waals surface area (Å²) >= 11 is 0. The number of aryl methyl sites for hydroxylation is 2. The third-order valence-electron chi connectivity index (χ3n) is 3.89. The monoisotopic (exact) mass is 312 g/mol. The van der Waals surface area contributed by atoms with E-state index in [2.05, 4.69) is 4.98 Å². The number of nitrogens with zero attached hydrogens (tertiary/aromatic N) is 4. The highest BCUT2D eigenvalue weighted by Gasteiger charge is 2.16. The molecule has 23 heavy (non-hydrogen) atoms. The molecular weight excluding hydrogens is 296 g/mol. The Hall–Kier alpha value is -2.96. The van der Waals surface area contributed by atoms with E-state index in [4.69, 9.17) is 0 Å². The molecule has 0 amide bonds. The van der Waals surface area contributed by atoms with Crippen LogP contribution < -0.4 is 5.56 Å². The van der Waals surface area contributed by atoms with Crippen molar-refractivity contribution in [2.75, 3.05) is 0 Å². The van der Waals surface area contributed by atoms with Gasteiger partial charge in [0.05, 0.1) is 6.54 Å². The van der Waals surface area contributed by atoms with Gasteiger partial charge in [-0.2, -0.15) is 0 Å². The summed E-state index contributed by atoms with van der Waals surface area (Å²) in [5, 5.41) is 12.6. The maximum absolute atomic E-state index is 12.4. The maximum Gasteiger partial charge on any atom is 0.342 e. The fourth-order valence-corrected chi connectivity index (χ4v) is 2.68. The molecule has 0 aliphatic heterocycles. The number of fused-ring (bicyclic) bond motifs is 1. The number of benzene rings is 1. The molecule has 0 fully saturated rings. The summed E-state index contributed by atoms with van der Waals surface area (Å²) in [4.78, 5) is 26.9. The minimum Gasteiger partial charge on any atom is -0.358 e. The first-order valence-electron chi connectivity index (χ1n) is 7.32. The fourth-order valence-electron chi connectivity index (χ4n) is 2.68. The first-order valence-corrected chi connectivity index (χ1v) is 7.32. The summed E-state index contributed by atoms with van der Waals surface area (Å²) in [5.41, 5.74) is -0.0417. The summed E-state index contributed by atoms with van der Waals surface area (Å²) in [6.45, 7) is 2.68. The summed E-state index contributed by atoms with van der Waals surface area (Å²) in [5.74, 6) is 0.580. The summed E-state index contributed by atoms with van der Waals surface area (Å²) in [6, 6.07) is 9.35. The average Bonchev–Trinajstić information content (AvgIpc) is 2.91. The average molecular weight is 312 g/mol. The predicted octanol–water partition coefficient (Wildman–Crippen LogP) is 2.50. The van der Waals surface area contributed by atoms with Crippen molar-refractivity contribution in [2.24, 2.45) is 0 Å². The SMILES string of the molecule is Cc1ncc([N+](=O)[O-])n1CCCn1ccc2ccccc2c1=O. The Balaban J connectivity index is 1.77. The number of hydrogen-bond acceptors (Lipinski definition) is 4. The lowest BCUT2D eigenvalue weighted by molar-refractivity contribution is -0.392. The van der Waals surface area contributed by atoms with Gasteiger partial charge in [0, 0.05) is 31.5 Å². The van der Waals surface area contributed by atoms with E-state index in [9.17, 15) is 14.9 Å². The van der Waals surface area contributed by atoms with Crippen LogP contribution in [-0.4, -0.2) is 19.0 Å². The van der Waals surface area contributed by atoms with E-state index in [1.165, 1.54) is 6.20 Å². The van der Waals surface area contributed by atoms with Gasteiger partial charge >= 0.3 is 5.82 Å². The van der Waals surface area contributed by atoms with E-state index in [0.717, 1.165) is 5.39 Å². The molecule has 3 aromatic rings. The highest BCUT2D eigenvalue weighted by atomic mass is 16.6. The standard InChI is InChI=1S/C16H16N4O3/c1-12-17-11-15(20(22)23)19(12)9-4-8-18-10-7-13-5-2-3-6-14(13)16(18)21/h2-3,5-7,10-11H,4,8-9H2,1H3. The molecule has 0 spiro atoms. The minimum absolute atomic E-state index is 0.0200. The Morgan fingerprint density at radius 1 is 1.22 bits per heavy atom. The van der Waals surface area contributed by atoms with Gasteiger partial charge in [0.2, 0.25) is 0 Å². The zero-order valence-electron chi connectivity index (χ0n) is 12.7. The van der Waals surface area contributed by atoms with Gasteiger partial charge in [-0.3, -0.25) is 4.79 Å². The van der Waals surface area contributed by atoms with Crippen LogP contribution in [0.1, 0.15) is 12.2 Å². The fraction of sp³-hybridized carbons (Fsp3) is 0.250. The first kappa shape index (κ1) is 15.0. The van der Waals surface area contributed by atoms with E-state index in [1.807, 2.05) is 24.3 Å². The molecule has 0 saturated heterocycles. The highest BCUT2D eigenvalue weighted by Crippen LogP contribution is 2.14. The number of imidazole rings is 1. The second-order valence-corrected chi connectivity index (χ2v) is 5.33. The number of nitro groups is 1. The van der Waals surface area contributed by atoms with Crippen LogP contribution in [0.15, 0.2) is 47.5 Å². The Morgan fingerprint density at radius 2 is 2.00 bits per heavy atom. The lowest BCUT2D eigenvalue weighted by atomic mass is 10.2. The van der Waals surface area contributed by atoms with Gasteiger partial charge in [0.1, 0.15) is 6.20 Å². The molecule has 2 aromatic heterocycles. The zero-order chi connectivity index (χ0) is 16.4. The molecule has 7 nitrogen and oxygen atoms in total.